The molecule has 1 aromatic carbocycles. The smallest absolute Gasteiger partial charge is 0.0713 e. The van der Waals surface area contributed by atoms with Crippen LogP contribution in [0, 0.1) is 5.92 Å². The third-order valence-electron chi connectivity index (χ3n) is 3.61. The van der Waals surface area contributed by atoms with Gasteiger partial charge in [0.05, 0.1) is 6.61 Å². The molecule has 1 unspecified atom stereocenters. The molecule has 2 nitrogen and oxygen atoms in total. The molecule has 0 saturated heterocycles. The maximum absolute atomic E-state index is 5.17. The van der Waals surface area contributed by atoms with Gasteiger partial charge in [-0.05, 0) is 30.0 Å². The van der Waals surface area contributed by atoms with Gasteiger partial charge in [-0.1, -0.05) is 57.4 Å². The van der Waals surface area contributed by atoms with Gasteiger partial charge in [-0.2, -0.15) is 0 Å². The van der Waals surface area contributed by atoms with Crippen LogP contribution < -0.4 is 5.32 Å². The molecule has 0 fully saturated rings. The van der Waals surface area contributed by atoms with E-state index in [4.69, 9.17) is 4.74 Å². The first-order valence-electron chi connectivity index (χ1n) is 7.57. The second-order valence-corrected chi connectivity index (χ2v) is 5.30. The second-order valence-electron chi connectivity index (χ2n) is 5.30. The van der Waals surface area contributed by atoms with Crippen molar-refractivity contribution in [1.82, 2.24) is 5.32 Å². The Morgan fingerprint density at radius 3 is 2.68 bits per heavy atom. The summed E-state index contributed by atoms with van der Waals surface area (Å²) in [6.07, 6.45) is 5.28. The molecule has 0 aromatic heterocycles. The lowest BCUT2D eigenvalue weighted by atomic mass is 9.99. The number of hydrogen-bond acceptors (Lipinski definition) is 2. The molecule has 0 heterocycles. The Labute approximate surface area is 118 Å². The first-order valence-corrected chi connectivity index (χ1v) is 7.57. The van der Waals surface area contributed by atoms with Crippen molar-refractivity contribution in [3.05, 3.63) is 35.4 Å². The van der Waals surface area contributed by atoms with Crippen LogP contribution in [0.1, 0.15) is 50.7 Å². The molecular weight excluding hydrogens is 234 g/mol. The SMILES string of the molecule is CCCCC(CC)CNCc1cccc(COC)c1. The van der Waals surface area contributed by atoms with Crippen molar-refractivity contribution in [3.8, 4) is 0 Å². The van der Waals surface area contributed by atoms with Gasteiger partial charge in [0.2, 0.25) is 0 Å². The van der Waals surface area contributed by atoms with Gasteiger partial charge >= 0.3 is 0 Å². The van der Waals surface area contributed by atoms with Gasteiger partial charge in [-0.3, -0.25) is 0 Å². The molecular formula is C17H29NO. The van der Waals surface area contributed by atoms with Crippen molar-refractivity contribution in [3.63, 3.8) is 0 Å². The van der Waals surface area contributed by atoms with Crippen molar-refractivity contribution >= 4 is 0 Å². The van der Waals surface area contributed by atoms with Crippen LogP contribution in [0.3, 0.4) is 0 Å². The van der Waals surface area contributed by atoms with Gasteiger partial charge < -0.3 is 10.1 Å². The predicted molar refractivity (Wildman–Crippen MR) is 82.2 cm³/mol. The highest BCUT2D eigenvalue weighted by atomic mass is 16.5. The molecule has 0 bridgehead atoms. The third kappa shape index (κ3) is 6.74. The number of ether oxygens (including phenoxy) is 1. The number of methoxy groups -OCH3 is 1. The van der Waals surface area contributed by atoms with Gasteiger partial charge in [0.25, 0.3) is 0 Å². The topological polar surface area (TPSA) is 21.3 Å². The number of benzene rings is 1. The predicted octanol–water partition coefficient (Wildman–Crippen LogP) is 4.14. The molecule has 0 radical (unpaired) electrons. The summed E-state index contributed by atoms with van der Waals surface area (Å²) in [7, 11) is 1.74. The van der Waals surface area contributed by atoms with Crippen LogP contribution in [0.2, 0.25) is 0 Å². The molecule has 0 amide bonds. The lowest BCUT2D eigenvalue weighted by Crippen LogP contribution is -2.22. The fraction of sp³-hybridized carbons (Fsp3) is 0.647. The molecule has 0 saturated carbocycles. The van der Waals surface area contributed by atoms with Crippen LogP contribution in [-0.4, -0.2) is 13.7 Å². The molecule has 0 spiro atoms. The highest BCUT2D eigenvalue weighted by Crippen LogP contribution is 2.12. The minimum absolute atomic E-state index is 0.696. The van der Waals surface area contributed by atoms with Gasteiger partial charge in [0.15, 0.2) is 0 Å². The van der Waals surface area contributed by atoms with E-state index in [2.05, 4.69) is 43.4 Å². The molecule has 1 N–H and O–H groups in total. The Bertz CT molecular complexity index is 338. The van der Waals surface area contributed by atoms with E-state index in [9.17, 15) is 0 Å². The van der Waals surface area contributed by atoms with Gasteiger partial charge in [-0.15, -0.1) is 0 Å². The number of nitrogens with one attached hydrogen (secondary N) is 1. The van der Waals surface area contributed by atoms with E-state index in [-0.39, 0.29) is 0 Å². The van der Waals surface area contributed by atoms with Gasteiger partial charge in [0.1, 0.15) is 0 Å². The largest absolute Gasteiger partial charge is 0.380 e. The Morgan fingerprint density at radius 1 is 1.21 bits per heavy atom. The first kappa shape index (κ1) is 16.2. The molecule has 0 aliphatic rings. The van der Waals surface area contributed by atoms with Crippen LogP contribution >= 0.6 is 0 Å². The first-order chi connectivity index (χ1) is 9.30. The fourth-order valence-corrected chi connectivity index (χ4v) is 2.36. The fourth-order valence-electron chi connectivity index (χ4n) is 2.36. The maximum Gasteiger partial charge on any atom is 0.0713 e. The molecule has 19 heavy (non-hydrogen) atoms. The number of rotatable bonds is 10. The summed E-state index contributed by atoms with van der Waals surface area (Å²) in [6.45, 7) is 7.34. The van der Waals surface area contributed by atoms with Crippen molar-refractivity contribution in [1.29, 1.82) is 0 Å². The Kier molecular flexibility index (Phi) is 8.52. The highest BCUT2D eigenvalue weighted by molar-refractivity contribution is 5.22. The summed E-state index contributed by atoms with van der Waals surface area (Å²) in [5.74, 6) is 0.821. The van der Waals surface area contributed by atoms with Crippen molar-refractivity contribution in [2.75, 3.05) is 13.7 Å². The average molecular weight is 263 g/mol. The summed E-state index contributed by atoms with van der Waals surface area (Å²) in [5.41, 5.74) is 2.60. The summed E-state index contributed by atoms with van der Waals surface area (Å²) in [4.78, 5) is 0. The van der Waals surface area contributed by atoms with Crippen LogP contribution in [0.4, 0.5) is 0 Å². The molecule has 1 atom stereocenters. The number of unbranched alkanes of at least 4 members (excludes halogenated alkanes) is 1. The van der Waals surface area contributed by atoms with Crippen LogP contribution in [0.5, 0.6) is 0 Å². The summed E-state index contributed by atoms with van der Waals surface area (Å²) in [5, 5.41) is 3.59. The van der Waals surface area contributed by atoms with Crippen molar-refractivity contribution in [2.45, 2.75) is 52.7 Å². The molecule has 1 rings (SSSR count). The minimum Gasteiger partial charge on any atom is -0.380 e. The summed E-state index contributed by atoms with van der Waals surface area (Å²) >= 11 is 0. The lowest BCUT2D eigenvalue weighted by Gasteiger charge is -2.15. The van der Waals surface area contributed by atoms with Gasteiger partial charge in [-0.25, -0.2) is 0 Å². The van der Waals surface area contributed by atoms with E-state index in [0.717, 1.165) is 19.0 Å². The molecule has 1 aromatic rings. The van der Waals surface area contributed by atoms with Crippen molar-refractivity contribution < 1.29 is 4.74 Å². The Hall–Kier alpha value is -0.860. The van der Waals surface area contributed by atoms with Crippen LogP contribution in [-0.2, 0) is 17.9 Å². The highest BCUT2D eigenvalue weighted by Gasteiger charge is 2.05. The number of hydrogen-bond donors (Lipinski definition) is 1. The average Bonchev–Trinajstić information content (AvgIpc) is 2.43. The minimum atomic E-state index is 0.696. The molecule has 0 aliphatic heterocycles. The van der Waals surface area contributed by atoms with E-state index < -0.39 is 0 Å². The van der Waals surface area contributed by atoms with E-state index >= 15 is 0 Å². The Balaban J connectivity index is 2.33. The van der Waals surface area contributed by atoms with Crippen LogP contribution in [0.25, 0.3) is 0 Å². The molecule has 2 heteroatoms. The lowest BCUT2D eigenvalue weighted by molar-refractivity contribution is 0.185. The summed E-state index contributed by atoms with van der Waals surface area (Å²) < 4.78 is 5.17. The quantitative estimate of drug-likeness (QED) is 0.685. The molecule has 108 valence electrons. The van der Waals surface area contributed by atoms with E-state index in [1.807, 2.05) is 0 Å². The summed E-state index contributed by atoms with van der Waals surface area (Å²) in [6, 6.07) is 8.63. The zero-order valence-electron chi connectivity index (χ0n) is 12.7. The van der Waals surface area contributed by atoms with Gasteiger partial charge in [0, 0.05) is 13.7 Å². The monoisotopic (exact) mass is 263 g/mol. The standard InChI is InChI=1S/C17H29NO/c1-4-6-8-15(5-2)12-18-13-16-9-7-10-17(11-16)14-19-3/h7,9-11,15,18H,4-6,8,12-14H2,1-3H3. The second kappa shape index (κ2) is 9.99. The van der Waals surface area contributed by atoms with Crippen molar-refractivity contribution in [2.24, 2.45) is 5.92 Å². The Morgan fingerprint density at radius 2 is 2.00 bits per heavy atom. The van der Waals surface area contributed by atoms with E-state index in [1.54, 1.807) is 7.11 Å². The maximum atomic E-state index is 5.17. The van der Waals surface area contributed by atoms with E-state index in [1.165, 1.54) is 36.8 Å². The zero-order chi connectivity index (χ0) is 13.9. The molecule has 0 aliphatic carbocycles. The van der Waals surface area contributed by atoms with Crippen LogP contribution in [0.15, 0.2) is 24.3 Å². The zero-order valence-corrected chi connectivity index (χ0v) is 12.7. The normalized spacial score (nSPS) is 12.6. The van der Waals surface area contributed by atoms with E-state index in [0.29, 0.717) is 6.61 Å². The third-order valence-corrected chi connectivity index (χ3v) is 3.61.